The summed E-state index contributed by atoms with van der Waals surface area (Å²) in [7, 11) is 0. The number of nitrogens with zero attached hydrogens (tertiary/aromatic N) is 3. The van der Waals surface area contributed by atoms with E-state index in [1.165, 1.54) is 11.8 Å². The van der Waals surface area contributed by atoms with Crippen LogP contribution in [-0.2, 0) is 6.54 Å². The highest BCUT2D eigenvalue weighted by atomic mass is 32.2. The van der Waals surface area contributed by atoms with Crippen molar-refractivity contribution in [2.45, 2.75) is 31.5 Å². The second-order valence-electron chi connectivity index (χ2n) is 3.10. The van der Waals surface area contributed by atoms with Gasteiger partial charge in [-0.1, -0.05) is 16.9 Å². The van der Waals surface area contributed by atoms with E-state index in [1.54, 1.807) is 4.57 Å². The first-order chi connectivity index (χ1) is 7.69. The zero-order valence-electron chi connectivity index (χ0n) is 9.01. The Balaban J connectivity index is 2.40. The molecule has 1 heterocycles. The van der Waals surface area contributed by atoms with Gasteiger partial charge in [0.25, 0.3) is 0 Å². The summed E-state index contributed by atoms with van der Waals surface area (Å²) in [5.74, 6) is 0.982. The lowest BCUT2D eigenvalue weighted by Gasteiger charge is -2.01. The normalized spacial score (nSPS) is 11.9. The minimum absolute atomic E-state index is 0.193. The van der Waals surface area contributed by atoms with Crippen molar-refractivity contribution < 1.29 is 5.21 Å². The van der Waals surface area contributed by atoms with Gasteiger partial charge in [-0.15, -0.1) is 5.10 Å². The van der Waals surface area contributed by atoms with Crippen LogP contribution in [0.5, 0.6) is 0 Å². The van der Waals surface area contributed by atoms with Gasteiger partial charge in [0.1, 0.15) is 5.84 Å². The molecule has 7 nitrogen and oxygen atoms in total. The Labute approximate surface area is 96.7 Å². The van der Waals surface area contributed by atoms with Crippen LogP contribution >= 0.6 is 11.8 Å². The van der Waals surface area contributed by atoms with Gasteiger partial charge in [0.15, 0.2) is 5.16 Å². The quantitative estimate of drug-likeness (QED) is 0.166. The Bertz CT molecular complexity index is 411. The van der Waals surface area contributed by atoms with E-state index < -0.39 is 0 Å². The number of hydrogen-bond acceptors (Lipinski definition) is 5. The van der Waals surface area contributed by atoms with Crippen LogP contribution in [0.3, 0.4) is 0 Å². The highest BCUT2D eigenvalue weighted by Gasteiger charge is 2.06. The third-order valence-electron chi connectivity index (χ3n) is 1.98. The zero-order valence-corrected chi connectivity index (χ0v) is 9.83. The summed E-state index contributed by atoms with van der Waals surface area (Å²) in [6.45, 7) is 2.48. The molecule has 90 valence electrons. The molecule has 4 N–H and O–H groups in total. The number of aromatic amines is 1. The molecule has 1 aromatic heterocycles. The molecule has 0 saturated heterocycles. The average molecular weight is 245 g/mol. The average Bonchev–Trinajstić information content (AvgIpc) is 2.65. The monoisotopic (exact) mass is 245 g/mol. The van der Waals surface area contributed by atoms with Crippen LogP contribution in [0.25, 0.3) is 0 Å². The van der Waals surface area contributed by atoms with Crippen molar-refractivity contribution in [2.24, 2.45) is 10.9 Å². The van der Waals surface area contributed by atoms with E-state index in [1.807, 2.05) is 6.92 Å². The van der Waals surface area contributed by atoms with Crippen LogP contribution < -0.4 is 11.4 Å². The first kappa shape index (κ1) is 12.6. The summed E-state index contributed by atoms with van der Waals surface area (Å²) in [6, 6.07) is 0. The Morgan fingerprint density at radius 1 is 1.75 bits per heavy atom. The molecule has 0 spiro atoms. The van der Waals surface area contributed by atoms with Crippen LogP contribution in [0.1, 0.15) is 19.8 Å². The van der Waals surface area contributed by atoms with Crippen molar-refractivity contribution in [3.63, 3.8) is 0 Å². The lowest BCUT2D eigenvalue weighted by Crippen LogP contribution is -2.16. The number of aromatic nitrogens is 3. The lowest BCUT2D eigenvalue weighted by atomic mass is 10.3. The van der Waals surface area contributed by atoms with Crippen LogP contribution in [0.2, 0.25) is 0 Å². The van der Waals surface area contributed by atoms with E-state index >= 15 is 0 Å². The Kier molecular flexibility index (Phi) is 4.90. The summed E-state index contributed by atoms with van der Waals surface area (Å²) in [5.41, 5.74) is 5.13. The number of nitrogens with two attached hydrogens (primary N) is 1. The smallest absolute Gasteiger partial charge is 0.343 e. The second-order valence-corrected chi connectivity index (χ2v) is 4.16. The minimum Gasteiger partial charge on any atom is -0.409 e. The Hall–Kier alpha value is -1.44. The molecule has 0 bridgehead atoms. The van der Waals surface area contributed by atoms with Crippen molar-refractivity contribution in [1.82, 2.24) is 14.8 Å². The SMILES string of the molecule is CCn1c(SCCCC(N)=NO)n[nH]c1=O. The Morgan fingerprint density at radius 2 is 2.50 bits per heavy atom. The fraction of sp³-hybridized carbons (Fsp3) is 0.625. The van der Waals surface area contributed by atoms with Gasteiger partial charge in [-0.2, -0.15) is 0 Å². The number of oxime groups is 1. The predicted molar refractivity (Wildman–Crippen MR) is 61.9 cm³/mol. The van der Waals surface area contributed by atoms with Crippen LogP contribution in [0, 0.1) is 0 Å². The highest BCUT2D eigenvalue weighted by Crippen LogP contribution is 2.14. The van der Waals surface area contributed by atoms with Crippen LogP contribution in [-0.4, -0.2) is 31.6 Å². The maximum absolute atomic E-state index is 11.2. The number of amidine groups is 1. The van der Waals surface area contributed by atoms with Crippen molar-refractivity contribution in [3.8, 4) is 0 Å². The van der Waals surface area contributed by atoms with E-state index in [4.69, 9.17) is 10.9 Å². The van der Waals surface area contributed by atoms with Crippen molar-refractivity contribution in [3.05, 3.63) is 10.5 Å². The van der Waals surface area contributed by atoms with Gasteiger partial charge in [0.05, 0.1) is 0 Å². The molecule has 0 aliphatic heterocycles. The molecule has 0 aromatic carbocycles. The number of thioether (sulfide) groups is 1. The molecule has 16 heavy (non-hydrogen) atoms. The van der Waals surface area contributed by atoms with Gasteiger partial charge < -0.3 is 10.9 Å². The maximum Gasteiger partial charge on any atom is 0.343 e. The molecule has 0 radical (unpaired) electrons. The molecule has 0 aliphatic carbocycles. The van der Waals surface area contributed by atoms with Gasteiger partial charge in [-0.05, 0) is 13.3 Å². The van der Waals surface area contributed by atoms with E-state index in [0.717, 1.165) is 12.2 Å². The number of rotatable bonds is 6. The van der Waals surface area contributed by atoms with E-state index in [2.05, 4.69) is 15.4 Å². The van der Waals surface area contributed by atoms with Crippen molar-refractivity contribution in [2.75, 3.05) is 5.75 Å². The van der Waals surface area contributed by atoms with E-state index in [9.17, 15) is 4.79 Å². The molecule has 0 saturated carbocycles. The first-order valence-electron chi connectivity index (χ1n) is 4.93. The molecular formula is C8H15N5O2S. The molecule has 0 unspecified atom stereocenters. The van der Waals surface area contributed by atoms with Crippen LogP contribution in [0.15, 0.2) is 15.1 Å². The summed E-state index contributed by atoms with van der Waals surface area (Å²) in [4.78, 5) is 11.2. The molecule has 0 fully saturated rings. The lowest BCUT2D eigenvalue weighted by molar-refractivity contribution is 0.317. The summed E-state index contributed by atoms with van der Waals surface area (Å²) in [5, 5.41) is 18.2. The number of H-pyrrole nitrogens is 1. The third-order valence-corrected chi connectivity index (χ3v) is 3.04. The molecule has 0 amide bonds. The molecule has 1 rings (SSSR count). The fourth-order valence-corrected chi connectivity index (χ4v) is 2.11. The molecule has 8 heteroatoms. The highest BCUT2D eigenvalue weighted by molar-refractivity contribution is 7.99. The van der Waals surface area contributed by atoms with Gasteiger partial charge >= 0.3 is 5.69 Å². The topological polar surface area (TPSA) is 109 Å². The fourth-order valence-electron chi connectivity index (χ4n) is 1.16. The van der Waals surface area contributed by atoms with Crippen molar-refractivity contribution in [1.29, 1.82) is 0 Å². The molecule has 0 atom stereocenters. The van der Waals surface area contributed by atoms with E-state index in [0.29, 0.717) is 18.1 Å². The predicted octanol–water partition coefficient (Wildman–Crippen LogP) is 0.210. The van der Waals surface area contributed by atoms with Gasteiger partial charge in [0, 0.05) is 18.7 Å². The van der Waals surface area contributed by atoms with Gasteiger partial charge in [0.2, 0.25) is 0 Å². The molecular weight excluding hydrogens is 230 g/mol. The Morgan fingerprint density at radius 3 is 3.12 bits per heavy atom. The first-order valence-corrected chi connectivity index (χ1v) is 5.92. The minimum atomic E-state index is -0.193. The standard InChI is InChI=1S/C8H15N5O2S/c1-2-13-7(14)10-11-8(13)16-5-3-4-6(9)12-15/h15H,2-5H2,1H3,(H2,9,12)(H,10,14). The maximum atomic E-state index is 11.2. The summed E-state index contributed by atoms with van der Waals surface area (Å²) >= 11 is 1.47. The van der Waals surface area contributed by atoms with E-state index in [-0.39, 0.29) is 11.5 Å². The van der Waals surface area contributed by atoms with Gasteiger partial charge in [-0.25, -0.2) is 9.89 Å². The third kappa shape index (κ3) is 3.30. The largest absolute Gasteiger partial charge is 0.409 e. The van der Waals surface area contributed by atoms with Crippen molar-refractivity contribution >= 4 is 17.6 Å². The summed E-state index contributed by atoms with van der Waals surface area (Å²) in [6.07, 6.45) is 1.30. The van der Waals surface area contributed by atoms with Gasteiger partial charge in [-0.3, -0.25) is 4.57 Å². The number of nitrogens with one attached hydrogen (secondary N) is 1. The second kappa shape index (κ2) is 6.21. The molecule has 0 aliphatic rings. The molecule has 1 aromatic rings. The number of hydrogen-bond donors (Lipinski definition) is 3. The summed E-state index contributed by atoms with van der Waals surface area (Å²) < 4.78 is 1.56. The van der Waals surface area contributed by atoms with Crippen LogP contribution in [0.4, 0.5) is 0 Å². The zero-order chi connectivity index (χ0) is 12.0.